The molecule has 0 atom stereocenters. The number of thiazole rings is 1. The highest BCUT2D eigenvalue weighted by Crippen LogP contribution is 2.33. The van der Waals surface area contributed by atoms with E-state index in [1.54, 1.807) is 25.7 Å². The van der Waals surface area contributed by atoms with Gasteiger partial charge in [-0.3, -0.25) is 4.79 Å². The van der Waals surface area contributed by atoms with E-state index in [0.717, 1.165) is 5.56 Å². The van der Waals surface area contributed by atoms with Gasteiger partial charge in [0, 0.05) is 17.4 Å². The third-order valence-corrected chi connectivity index (χ3v) is 5.03. The number of nitrogens with one attached hydrogen (secondary N) is 1. The summed E-state index contributed by atoms with van der Waals surface area (Å²) in [6.45, 7) is 0. The third-order valence-electron chi connectivity index (χ3n) is 4.28. The highest BCUT2D eigenvalue weighted by atomic mass is 32.1. The van der Waals surface area contributed by atoms with E-state index in [4.69, 9.17) is 14.2 Å². The van der Waals surface area contributed by atoms with Crippen LogP contribution >= 0.6 is 11.3 Å². The van der Waals surface area contributed by atoms with Gasteiger partial charge in [0.15, 0.2) is 16.6 Å². The van der Waals surface area contributed by atoms with Crippen LogP contribution in [0, 0.1) is 5.82 Å². The number of carbonyl (C=O) groups is 1. The van der Waals surface area contributed by atoms with Crippen molar-refractivity contribution in [2.45, 2.75) is 12.8 Å². The summed E-state index contributed by atoms with van der Waals surface area (Å²) >= 11 is 1.27. The molecule has 29 heavy (non-hydrogen) atoms. The topological polar surface area (TPSA) is 69.7 Å². The van der Waals surface area contributed by atoms with Gasteiger partial charge >= 0.3 is 0 Å². The second kappa shape index (κ2) is 9.38. The van der Waals surface area contributed by atoms with Gasteiger partial charge in [-0.25, -0.2) is 9.37 Å². The standard InChI is InChI=1S/C21H21FN2O4S/c1-26-17-8-6-14(22)11-15(17)16-12-29-21(23-16)24-20(25)9-5-13-4-7-18(27-2)19(10-13)28-3/h4,6-8,10-12H,5,9H2,1-3H3,(H,23,24,25). The van der Waals surface area contributed by atoms with Crippen molar-refractivity contribution in [2.24, 2.45) is 0 Å². The molecule has 8 heteroatoms. The van der Waals surface area contributed by atoms with Crippen molar-refractivity contribution in [1.82, 2.24) is 4.98 Å². The van der Waals surface area contributed by atoms with Crippen LogP contribution in [0.3, 0.4) is 0 Å². The van der Waals surface area contributed by atoms with E-state index >= 15 is 0 Å². The molecule has 3 aromatic rings. The van der Waals surface area contributed by atoms with E-state index in [9.17, 15) is 9.18 Å². The minimum Gasteiger partial charge on any atom is -0.496 e. The number of aromatic nitrogens is 1. The number of ether oxygens (including phenoxy) is 3. The lowest BCUT2D eigenvalue weighted by Gasteiger charge is -2.09. The molecule has 0 bridgehead atoms. The second-order valence-electron chi connectivity index (χ2n) is 6.12. The van der Waals surface area contributed by atoms with Crippen molar-refractivity contribution in [3.8, 4) is 28.5 Å². The maximum absolute atomic E-state index is 13.6. The maximum Gasteiger partial charge on any atom is 0.226 e. The molecule has 1 aromatic heterocycles. The number of carbonyl (C=O) groups excluding carboxylic acids is 1. The van der Waals surface area contributed by atoms with Crippen LogP contribution in [0.4, 0.5) is 9.52 Å². The van der Waals surface area contributed by atoms with E-state index in [1.807, 2.05) is 18.2 Å². The molecule has 0 aliphatic heterocycles. The lowest BCUT2D eigenvalue weighted by Crippen LogP contribution is -2.12. The quantitative estimate of drug-likeness (QED) is 0.584. The average molecular weight is 416 g/mol. The summed E-state index contributed by atoms with van der Waals surface area (Å²) in [7, 11) is 4.66. The van der Waals surface area contributed by atoms with E-state index < -0.39 is 0 Å². The SMILES string of the molecule is COc1ccc(CCC(=O)Nc2nc(-c3cc(F)ccc3OC)cs2)cc1OC. The minimum atomic E-state index is -0.380. The monoisotopic (exact) mass is 416 g/mol. The zero-order valence-electron chi connectivity index (χ0n) is 16.3. The van der Waals surface area contributed by atoms with Crippen LogP contribution < -0.4 is 19.5 Å². The number of benzene rings is 2. The first-order chi connectivity index (χ1) is 14.0. The number of aryl methyl sites for hydroxylation is 1. The van der Waals surface area contributed by atoms with Crippen LogP contribution in [0.5, 0.6) is 17.2 Å². The van der Waals surface area contributed by atoms with Gasteiger partial charge in [-0.15, -0.1) is 11.3 Å². The van der Waals surface area contributed by atoms with Gasteiger partial charge in [-0.2, -0.15) is 0 Å². The molecule has 1 N–H and O–H groups in total. The lowest BCUT2D eigenvalue weighted by molar-refractivity contribution is -0.116. The van der Waals surface area contributed by atoms with Crippen molar-refractivity contribution >= 4 is 22.4 Å². The Kier molecular flexibility index (Phi) is 6.66. The predicted octanol–water partition coefficient (Wildman–Crippen LogP) is 4.55. The van der Waals surface area contributed by atoms with Gasteiger partial charge in [-0.05, 0) is 42.3 Å². The minimum absolute atomic E-state index is 0.160. The first kappa shape index (κ1) is 20.6. The van der Waals surface area contributed by atoms with Gasteiger partial charge < -0.3 is 19.5 Å². The molecule has 0 saturated carbocycles. The molecule has 2 aromatic carbocycles. The molecule has 0 saturated heterocycles. The van der Waals surface area contributed by atoms with Crippen LogP contribution in [-0.2, 0) is 11.2 Å². The van der Waals surface area contributed by atoms with Crippen molar-refractivity contribution in [2.75, 3.05) is 26.6 Å². The summed E-state index contributed by atoms with van der Waals surface area (Å²) in [4.78, 5) is 16.7. The number of anilines is 1. The summed E-state index contributed by atoms with van der Waals surface area (Å²) in [5, 5.41) is 4.98. The normalized spacial score (nSPS) is 10.5. The zero-order chi connectivity index (χ0) is 20.8. The fourth-order valence-corrected chi connectivity index (χ4v) is 3.54. The summed E-state index contributed by atoms with van der Waals surface area (Å²) in [6.07, 6.45) is 0.829. The number of hydrogen-bond acceptors (Lipinski definition) is 6. The molecule has 0 aliphatic carbocycles. The number of hydrogen-bond donors (Lipinski definition) is 1. The summed E-state index contributed by atoms with van der Waals surface area (Å²) < 4.78 is 29.3. The van der Waals surface area contributed by atoms with E-state index in [-0.39, 0.29) is 18.1 Å². The molecule has 1 heterocycles. The predicted molar refractivity (Wildman–Crippen MR) is 111 cm³/mol. The summed E-state index contributed by atoms with van der Waals surface area (Å²) in [6, 6.07) is 9.79. The average Bonchev–Trinajstić information content (AvgIpc) is 3.20. The van der Waals surface area contributed by atoms with Crippen LogP contribution in [0.15, 0.2) is 41.8 Å². The fraction of sp³-hybridized carbons (Fsp3) is 0.238. The molecule has 6 nitrogen and oxygen atoms in total. The molecule has 152 valence electrons. The zero-order valence-corrected chi connectivity index (χ0v) is 17.1. The smallest absolute Gasteiger partial charge is 0.226 e. The largest absolute Gasteiger partial charge is 0.496 e. The molecule has 0 radical (unpaired) electrons. The van der Waals surface area contributed by atoms with Crippen LogP contribution in [-0.4, -0.2) is 32.2 Å². The molecule has 0 spiro atoms. The highest BCUT2D eigenvalue weighted by molar-refractivity contribution is 7.14. The van der Waals surface area contributed by atoms with E-state index in [2.05, 4.69) is 10.3 Å². The van der Waals surface area contributed by atoms with Gasteiger partial charge in [0.2, 0.25) is 5.91 Å². The Balaban J connectivity index is 1.63. The lowest BCUT2D eigenvalue weighted by atomic mass is 10.1. The highest BCUT2D eigenvalue weighted by Gasteiger charge is 2.13. The molecule has 0 fully saturated rings. The second-order valence-corrected chi connectivity index (χ2v) is 6.98. The Morgan fingerprint density at radius 1 is 1.03 bits per heavy atom. The van der Waals surface area contributed by atoms with Crippen LogP contribution in [0.25, 0.3) is 11.3 Å². The molecule has 0 unspecified atom stereocenters. The van der Waals surface area contributed by atoms with E-state index in [0.29, 0.717) is 40.1 Å². The summed E-state index contributed by atoms with van der Waals surface area (Å²) in [5.74, 6) is 1.24. The Labute approximate surface area is 172 Å². The van der Waals surface area contributed by atoms with Crippen LogP contribution in [0.2, 0.25) is 0 Å². The Bertz CT molecular complexity index is 1010. The molecule has 1 amide bonds. The van der Waals surface area contributed by atoms with Crippen molar-refractivity contribution in [3.63, 3.8) is 0 Å². The number of nitrogens with zero attached hydrogens (tertiary/aromatic N) is 1. The Hall–Kier alpha value is -3.13. The number of halogens is 1. The van der Waals surface area contributed by atoms with Gasteiger partial charge in [-0.1, -0.05) is 6.07 Å². The fourth-order valence-electron chi connectivity index (χ4n) is 2.81. The first-order valence-corrected chi connectivity index (χ1v) is 9.72. The number of rotatable bonds is 8. The van der Waals surface area contributed by atoms with Crippen molar-refractivity contribution < 1.29 is 23.4 Å². The molecule has 3 rings (SSSR count). The molecule has 0 aliphatic rings. The van der Waals surface area contributed by atoms with Crippen LogP contribution in [0.1, 0.15) is 12.0 Å². The number of amides is 1. The summed E-state index contributed by atoms with van der Waals surface area (Å²) in [5.41, 5.74) is 2.04. The van der Waals surface area contributed by atoms with Crippen molar-refractivity contribution in [3.05, 3.63) is 53.2 Å². The third kappa shape index (κ3) is 5.03. The van der Waals surface area contributed by atoms with Crippen molar-refractivity contribution in [1.29, 1.82) is 0 Å². The Morgan fingerprint density at radius 2 is 1.76 bits per heavy atom. The van der Waals surface area contributed by atoms with Gasteiger partial charge in [0.25, 0.3) is 0 Å². The molecular weight excluding hydrogens is 395 g/mol. The number of methoxy groups -OCH3 is 3. The van der Waals surface area contributed by atoms with E-state index in [1.165, 1.54) is 30.6 Å². The maximum atomic E-state index is 13.6. The first-order valence-electron chi connectivity index (χ1n) is 8.84. The van der Waals surface area contributed by atoms with Gasteiger partial charge in [0.05, 0.1) is 27.0 Å². The Morgan fingerprint density at radius 3 is 2.48 bits per heavy atom. The molecular formula is C21H21FN2O4S. The van der Waals surface area contributed by atoms with Gasteiger partial charge in [0.1, 0.15) is 11.6 Å².